The first-order chi connectivity index (χ1) is 11.6. The lowest BCUT2D eigenvalue weighted by Gasteiger charge is -2.37. The van der Waals surface area contributed by atoms with Gasteiger partial charge in [0.1, 0.15) is 0 Å². The van der Waals surface area contributed by atoms with Gasteiger partial charge < -0.3 is 15.5 Å². The van der Waals surface area contributed by atoms with E-state index in [9.17, 15) is 9.59 Å². The van der Waals surface area contributed by atoms with Crippen LogP contribution in [0, 0.1) is 11.3 Å². The lowest BCUT2D eigenvalue weighted by atomic mass is 9.67. The van der Waals surface area contributed by atoms with Gasteiger partial charge in [-0.2, -0.15) is 0 Å². The number of hydrogen-bond acceptors (Lipinski definition) is 3. The van der Waals surface area contributed by atoms with E-state index in [0.717, 1.165) is 62.3 Å². The number of carbonyl (C=O) groups is 2. The third kappa shape index (κ3) is 3.04. The summed E-state index contributed by atoms with van der Waals surface area (Å²) in [5.74, 6) is 0.707. The number of nitrogens with one attached hydrogen (secondary N) is 2. The molecule has 0 bridgehead atoms. The van der Waals surface area contributed by atoms with Crippen molar-refractivity contribution in [2.75, 3.05) is 29.9 Å². The molecule has 1 aromatic carbocycles. The SMILES string of the molecule is CC(=O)N1CCc2cc(NC(=O)[C@@]34CCCC[C@H]3CNC4)ccc21.Cl. The number of amides is 2. The molecule has 1 aromatic rings. The zero-order valence-electron chi connectivity index (χ0n) is 14.6. The lowest BCUT2D eigenvalue weighted by Crippen LogP contribution is -2.44. The second-order valence-electron chi connectivity index (χ2n) is 7.45. The smallest absolute Gasteiger partial charge is 0.232 e. The van der Waals surface area contributed by atoms with Crippen LogP contribution in [0.4, 0.5) is 11.4 Å². The highest BCUT2D eigenvalue weighted by Gasteiger charge is 2.49. The molecule has 136 valence electrons. The maximum atomic E-state index is 13.0. The average molecular weight is 364 g/mol. The maximum absolute atomic E-state index is 13.0. The first-order valence-corrected chi connectivity index (χ1v) is 9.03. The zero-order valence-corrected chi connectivity index (χ0v) is 15.5. The summed E-state index contributed by atoms with van der Waals surface area (Å²) < 4.78 is 0. The van der Waals surface area contributed by atoms with Gasteiger partial charge in [-0.25, -0.2) is 0 Å². The van der Waals surface area contributed by atoms with Crippen molar-refractivity contribution in [3.8, 4) is 0 Å². The second kappa shape index (κ2) is 6.96. The summed E-state index contributed by atoms with van der Waals surface area (Å²) in [7, 11) is 0. The van der Waals surface area contributed by atoms with Gasteiger partial charge in [-0.15, -0.1) is 12.4 Å². The van der Waals surface area contributed by atoms with E-state index < -0.39 is 0 Å². The summed E-state index contributed by atoms with van der Waals surface area (Å²) in [6.45, 7) is 4.09. The third-order valence-corrected chi connectivity index (χ3v) is 6.10. The number of fused-ring (bicyclic) bond motifs is 2. The van der Waals surface area contributed by atoms with Crippen molar-refractivity contribution in [2.45, 2.75) is 39.0 Å². The minimum absolute atomic E-state index is 0. The first kappa shape index (κ1) is 18.2. The van der Waals surface area contributed by atoms with Crippen LogP contribution in [0.2, 0.25) is 0 Å². The van der Waals surface area contributed by atoms with Crippen LogP contribution in [-0.4, -0.2) is 31.4 Å². The lowest BCUT2D eigenvalue weighted by molar-refractivity contribution is -0.128. The van der Waals surface area contributed by atoms with Crippen LogP contribution >= 0.6 is 12.4 Å². The molecule has 2 amide bonds. The molecule has 2 atom stereocenters. The van der Waals surface area contributed by atoms with E-state index in [1.54, 1.807) is 11.8 Å². The Labute approximate surface area is 154 Å². The number of hydrogen-bond donors (Lipinski definition) is 2. The fourth-order valence-corrected chi connectivity index (χ4v) is 4.75. The van der Waals surface area contributed by atoms with Crippen LogP contribution in [0.15, 0.2) is 18.2 Å². The second-order valence-corrected chi connectivity index (χ2v) is 7.45. The standard InChI is InChI=1S/C19H25N3O2.ClH/c1-13(23)22-9-7-14-10-16(5-6-17(14)22)21-18(24)19-8-3-2-4-15(19)11-20-12-19;/h5-6,10,15,20H,2-4,7-9,11-12H2,1H3,(H,21,24);1H/t15-,19+;/m0./s1. The Morgan fingerprint density at radius 3 is 2.96 bits per heavy atom. The minimum atomic E-state index is -0.233. The van der Waals surface area contributed by atoms with Gasteiger partial charge in [0.25, 0.3) is 0 Å². The van der Waals surface area contributed by atoms with Crippen LogP contribution in [0.1, 0.15) is 38.2 Å². The predicted molar refractivity (Wildman–Crippen MR) is 101 cm³/mol. The van der Waals surface area contributed by atoms with E-state index in [4.69, 9.17) is 0 Å². The molecular weight excluding hydrogens is 338 g/mol. The zero-order chi connectivity index (χ0) is 16.7. The van der Waals surface area contributed by atoms with Gasteiger partial charge in [0.05, 0.1) is 5.41 Å². The van der Waals surface area contributed by atoms with E-state index in [2.05, 4.69) is 10.6 Å². The third-order valence-electron chi connectivity index (χ3n) is 6.10. The van der Waals surface area contributed by atoms with Gasteiger partial charge >= 0.3 is 0 Å². The first-order valence-electron chi connectivity index (χ1n) is 9.03. The summed E-state index contributed by atoms with van der Waals surface area (Å²) in [6, 6.07) is 5.92. The molecule has 0 unspecified atom stereocenters. The molecule has 1 saturated heterocycles. The largest absolute Gasteiger partial charge is 0.326 e. The number of nitrogens with zero attached hydrogens (tertiary/aromatic N) is 1. The molecule has 0 spiro atoms. The molecule has 2 heterocycles. The van der Waals surface area contributed by atoms with Gasteiger partial charge in [0, 0.05) is 31.4 Å². The molecule has 2 N–H and O–H groups in total. The summed E-state index contributed by atoms with van der Waals surface area (Å²) in [5.41, 5.74) is 2.75. The molecule has 5 nitrogen and oxygen atoms in total. The number of benzene rings is 1. The van der Waals surface area contributed by atoms with E-state index in [1.165, 1.54) is 6.42 Å². The van der Waals surface area contributed by atoms with E-state index in [0.29, 0.717) is 5.92 Å². The molecule has 2 fully saturated rings. The molecular formula is C19H26ClN3O2. The summed E-state index contributed by atoms with van der Waals surface area (Å²) >= 11 is 0. The molecule has 2 aliphatic heterocycles. The fourth-order valence-electron chi connectivity index (χ4n) is 4.75. The van der Waals surface area contributed by atoms with Gasteiger partial charge in [0.15, 0.2) is 0 Å². The van der Waals surface area contributed by atoms with Crippen molar-refractivity contribution >= 4 is 35.6 Å². The molecule has 1 saturated carbocycles. The number of rotatable bonds is 2. The highest BCUT2D eigenvalue weighted by Crippen LogP contribution is 2.44. The summed E-state index contributed by atoms with van der Waals surface area (Å²) in [5, 5.41) is 6.59. The highest BCUT2D eigenvalue weighted by atomic mass is 35.5. The quantitative estimate of drug-likeness (QED) is 0.849. The van der Waals surface area contributed by atoms with Crippen molar-refractivity contribution in [2.24, 2.45) is 11.3 Å². The van der Waals surface area contributed by atoms with Gasteiger partial charge in [0.2, 0.25) is 11.8 Å². The Morgan fingerprint density at radius 2 is 2.16 bits per heavy atom. The Bertz CT molecular complexity index is 693. The minimum Gasteiger partial charge on any atom is -0.326 e. The van der Waals surface area contributed by atoms with Crippen molar-refractivity contribution in [1.29, 1.82) is 0 Å². The molecule has 3 aliphatic rings. The highest BCUT2D eigenvalue weighted by molar-refractivity contribution is 5.98. The van der Waals surface area contributed by atoms with E-state index in [-0.39, 0.29) is 29.6 Å². The van der Waals surface area contributed by atoms with Crippen molar-refractivity contribution in [1.82, 2.24) is 5.32 Å². The van der Waals surface area contributed by atoms with Crippen LogP contribution in [0.5, 0.6) is 0 Å². The number of anilines is 2. The predicted octanol–water partition coefficient (Wildman–Crippen LogP) is 2.74. The van der Waals surface area contributed by atoms with E-state index >= 15 is 0 Å². The fraction of sp³-hybridized carbons (Fsp3) is 0.579. The van der Waals surface area contributed by atoms with E-state index in [1.807, 2.05) is 18.2 Å². The number of halogens is 1. The molecule has 0 radical (unpaired) electrons. The Kier molecular flexibility index (Phi) is 5.07. The molecule has 1 aliphatic carbocycles. The topological polar surface area (TPSA) is 61.4 Å². The molecule has 25 heavy (non-hydrogen) atoms. The summed E-state index contributed by atoms with van der Waals surface area (Å²) in [6.07, 6.45) is 5.37. The summed E-state index contributed by atoms with van der Waals surface area (Å²) in [4.78, 5) is 26.5. The Balaban J connectivity index is 0.00000182. The van der Waals surface area contributed by atoms with Crippen LogP contribution < -0.4 is 15.5 Å². The van der Waals surface area contributed by atoms with Crippen molar-refractivity contribution < 1.29 is 9.59 Å². The van der Waals surface area contributed by atoms with Gasteiger partial charge in [-0.05, 0) is 55.5 Å². The normalized spacial score (nSPS) is 27.2. The van der Waals surface area contributed by atoms with Crippen LogP contribution in [0.3, 0.4) is 0 Å². The van der Waals surface area contributed by atoms with Crippen LogP contribution in [0.25, 0.3) is 0 Å². The maximum Gasteiger partial charge on any atom is 0.232 e. The monoisotopic (exact) mass is 363 g/mol. The average Bonchev–Trinajstić information content (AvgIpc) is 3.19. The Hall–Kier alpha value is -1.59. The molecule has 6 heteroatoms. The van der Waals surface area contributed by atoms with Gasteiger partial charge in [-0.3, -0.25) is 9.59 Å². The van der Waals surface area contributed by atoms with Crippen LogP contribution in [-0.2, 0) is 16.0 Å². The molecule has 0 aromatic heterocycles. The van der Waals surface area contributed by atoms with Gasteiger partial charge in [-0.1, -0.05) is 12.8 Å². The Morgan fingerprint density at radius 1 is 1.32 bits per heavy atom. The van der Waals surface area contributed by atoms with Crippen molar-refractivity contribution in [3.05, 3.63) is 23.8 Å². The molecule has 4 rings (SSSR count). The van der Waals surface area contributed by atoms with Crippen molar-refractivity contribution in [3.63, 3.8) is 0 Å². The number of carbonyl (C=O) groups excluding carboxylic acids is 2.